The van der Waals surface area contributed by atoms with Crippen molar-refractivity contribution in [1.82, 2.24) is 0 Å². The number of rotatable bonds is 4. The van der Waals surface area contributed by atoms with Gasteiger partial charge in [-0.15, -0.1) is 0 Å². The second kappa shape index (κ2) is 5.10. The zero-order valence-corrected chi connectivity index (χ0v) is 10.3. The van der Waals surface area contributed by atoms with Gasteiger partial charge in [0.15, 0.2) is 15.6 Å². The van der Waals surface area contributed by atoms with Gasteiger partial charge in [0.05, 0.1) is 5.75 Å². The Balaban J connectivity index is 2.73. The van der Waals surface area contributed by atoms with Crippen LogP contribution in [-0.4, -0.2) is 25.2 Å². The van der Waals surface area contributed by atoms with Gasteiger partial charge in [-0.05, 0) is 19.3 Å². The molecule has 0 N–H and O–H groups in total. The monoisotopic (exact) mass is 232 g/mol. The van der Waals surface area contributed by atoms with Gasteiger partial charge in [0.2, 0.25) is 0 Å². The summed E-state index contributed by atoms with van der Waals surface area (Å²) in [6.45, 7) is 3.86. The van der Waals surface area contributed by atoms with Crippen LogP contribution in [0.2, 0.25) is 0 Å². The van der Waals surface area contributed by atoms with E-state index in [0.29, 0.717) is 12.8 Å². The van der Waals surface area contributed by atoms with Crippen LogP contribution in [0.3, 0.4) is 0 Å². The molecule has 15 heavy (non-hydrogen) atoms. The van der Waals surface area contributed by atoms with Crippen LogP contribution < -0.4 is 0 Å². The lowest BCUT2D eigenvalue weighted by molar-refractivity contribution is -0.122. The summed E-state index contributed by atoms with van der Waals surface area (Å²) in [5.41, 5.74) is 0. The van der Waals surface area contributed by atoms with E-state index < -0.39 is 15.1 Å². The van der Waals surface area contributed by atoms with Crippen LogP contribution in [-0.2, 0) is 14.6 Å². The largest absolute Gasteiger partial charge is 0.298 e. The van der Waals surface area contributed by atoms with E-state index in [2.05, 4.69) is 0 Å². The third-order valence-electron chi connectivity index (χ3n) is 3.10. The molecule has 1 heterocycles. The molecule has 0 saturated carbocycles. The number of carbonyl (C=O) groups excluding carboxylic acids is 1. The van der Waals surface area contributed by atoms with Gasteiger partial charge in [0.1, 0.15) is 5.25 Å². The summed E-state index contributed by atoms with van der Waals surface area (Å²) in [6, 6.07) is 0. The van der Waals surface area contributed by atoms with E-state index in [1.54, 1.807) is 0 Å². The lowest BCUT2D eigenvalue weighted by Gasteiger charge is -2.23. The van der Waals surface area contributed by atoms with Crippen LogP contribution in [0.1, 0.15) is 46.0 Å². The van der Waals surface area contributed by atoms with Gasteiger partial charge in [0, 0.05) is 5.92 Å². The Labute approximate surface area is 92.2 Å². The van der Waals surface area contributed by atoms with Gasteiger partial charge in [-0.1, -0.05) is 26.7 Å². The molecule has 0 aromatic heterocycles. The Hall–Kier alpha value is -0.380. The number of hydrogen-bond donors (Lipinski definition) is 0. The molecule has 0 aromatic rings. The van der Waals surface area contributed by atoms with E-state index in [0.717, 1.165) is 19.3 Å². The number of sulfone groups is 1. The molecule has 0 spiro atoms. The average molecular weight is 232 g/mol. The summed E-state index contributed by atoms with van der Waals surface area (Å²) in [7, 11) is -3.14. The molecule has 0 amide bonds. The number of Topliss-reactive ketones (excluding diaryl/α,β-unsaturated/α-hetero) is 1. The van der Waals surface area contributed by atoms with Crippen molar-refractivity contribution in [2.75, 3.05) is 5.75 Å². The highest BCUT2D eigenvalue weighted by Gasteiger charge is 2.36. The number of carbonyl (C=O) groups is 1. The van der Waals surface area contributed by atoms with Gasteiger partial charge in [-0.3, -0.25) is 4.79 Å². The van der Waals surface area contributed by atoms with Crippen LogP contribution in [0.4, 0.5) is 0 Å². The van der Waals surface area contributed by atoms with Crippen molar-refractivity contribution in [2.24, 2.45) is 5.92 Å². The summed E-state index contributed by atoms with van der Waals surface area (Å²) in [4.78, 5) is 11.9. The third-order valence-corrected chi connectivity index (χ3v) is 5.30. The number of ketones is 1. The van der Waals surface area contributed by atoms with Crippen molar-refractivity contribution < 1.29 is 13.2 Å². The molecule has 0 aliphatic carbocycles. The zero-order chi connectivity index (χ0) is 11.5. The lowest BCUT2D eigenvalue weighted by Crippen LogP contribution is -2.38. The maximum Gasteiger partial charge on any atom is 0.160 e. The van der Waals surface area contributed by atoms with Gasteiger partial charge in [-0.25, -0.2) is 8.42 Å². The lowest BCUT2D eigenvalue weighted by atomic mass is 9.96. The van der Waals surface area contributed by atoms with Gasteiger partial charge < -0.3 is 0 Å². The van der Waals surface area contributed by atoms with Crippen molar-refractivity contribution in [1.29, 1.82) is 0 Å². The van der Waals surface area contributed by atoms with E-state index >= 15 is 0 Å². The first-order chi connectivity index (χ1) is 6.99. The number of hydrogen-bond acceptors (Lipinski definition) is 3. The van der Waals surface area contributed by atoms with Crippen molar-refractivity contribution in [3.05, 3.63) is 0 Å². The molecule has 2 atom stereocenters. The first kappa shape index (κ1) is 12.7. The van der Waals surface area contributed by atoms with E-state index in [4.69, 9.17) is 0 Å². The van der Waals surface area contributed by atoms with Crippen molar-refractivity contribution in [2.45, 2.75) is 51.2 Å². The molecule has 1 rings (SSSR count). The molecule has 3 nitrogen and oxygen atoms in total. The minimum absolute atomic E-state index is 0.0587. The van der Waals surface area contributed by atoms with Crippen molar-refractivity contribution >= 4 is 15.6 Å². The predicted octanol–water partition coefficient (Wildman–Crippen LogP) is 1.96. The molecule has 4 heteroatoms. The molecule has 0 radical (unpaired) electrons. The van der Waals surface area contributed by atoms with E-state index in [1.807, 2.05) is 13.8 Å². The quantitative estimate of drug-likeness (QED) is 0.744. The van der Waals surface area contributed by atoms with Crippen LogP contribution in [0.25, 0.3) is 0 Å². The molecule has 1 fully saturated rings. The summed E-state index contributed by atoms with van der Waals surface area (Å²) in [6.07, 6.45) is 3.85. The Morgan fingerprint density at radius 2 is 2.07 bits per heavy atom. The standard InChI is InChI=1S/C11H20O3S/c1-3-6-9(2)11(12)10-7-4-5-8-15(10,13)14/h9-10H,3-8H2,1-2H3. The van der Waals surface area contributed by atoms with Gasteiger partial charge in [-0.2, -0.15) is 0 Å². The summed E-state index contributed by atoms with van der Waals surface area (Å²) in [5, 5.41) is -0.701. The summed E-state index contributed by atoms with van der Waals surface area (Å²) in [5.74, 6) is 0.0341. The van der Waals surface area contributed by atoms with Gasteiger partial charge >= 0.3 is 0 Å². The highest BCUT2D eigenvalue weighted by molar-refractivity contribution is 7.92. The first-order valence-corrected chi connectivity index (χ1v) is 7.46. The highest BCUT2D eigenvalue weighted by atomic mass is 32.2. The fraction of sp³-hybridized carbons (Fsp3) is 0.909. The Bertz CT molecular complexity index is 319. The predicted molar refractivity (Wildman–Crippen MR) is 60.5 cm³/mol. The van der Waals surface area contributed by atoms with Crippen LogP contribution in [0.15, 0.2) is 0 Å². The van der Waals surface area contributed by atoms with Crippen LogP contribution >= 0.6 is 0 Å². The molecule has 0 bridgehead atoms. The smallest absolute Gasteiger partial charge is 0.160 e. The molecular formula is C11H20O3S. The van der Waals surface area contributed by atoms with E-state index in [1.165, 1.54) is 0 Å². The summed E-state index contributed by atoms with van der Waals surface area (Å²) < 4.78 is 23.4. The fourth-order valence-electron chi connectivity index (χ4n) is 2.17. The van der Waals surface area contributed by atoms with Crippen molar-refractivity contribution in [3.63, 3.8) is 0 Å². The Morgan fingerprint density at radius 3 is 2.60 bits per heavy atom. The Kier molecular flexibility index (Phi) is 4.32. The normalized spacial score (nSPS) is 27.2. The van der Waals surface area contributed by atoms with Crippen LogP contribution in [0.5, 0.6) is 0 Å². The van der Waals surface area contributed by atoms with E-state index in [-0.39, 0.29) is 17.5 Å². The van der Waals surface area contributed by atoms with E-state index in [9.17, 15) is 13.2 Å². The third kappa shape index (κ3) is 3.03. The molecule has 0 aromatic carbocycles. The van der Waals surface area contributed by atoms with Crippen LogP contribution in [0, 0.1) is 5.92 Å². The molecule has 2 unspecified atom stereocenters. The minimum Gasteiger partial charge on any atom is -0.298 e. The second-order valence-corrected chi connectivity index (χ2v) is 6.75. The molecule has 1 aliphatic heterocycles. The maximum absolute atomic E-state index is 11.9. The minimum atomic E-state index is -3.14. The second-order valence-electron chi connectivity index (χ2n) is 4.44. The van der Waals surface area contributed by atoms with Crippen molar-refractivity contribution in [3.8, 4) is 0 Å². The first-order valence-electron chi connectivity index (χ1n) is 5.74. The Morgan fingerprint density at radius 1 is 1.40 bits per heavy atom. The fourth-order valence-corrected chi connectivity index (χ4v) is 4.17. The topological polar surface area (TPSA) is 51.2 Å². The zero-order valence-electron chi connectivity index (χ0n) is 9.53. The van der Waals surface area contributed by atoms with Gasteiger partial charge in [0.25, 0.3) is 0 Å². The molecular weight excluding hydrogens is 212 g/mol. The summed E-state index contributed by atoms with van der Waals surface area (Å²) >= 11 is 0. The maximum atomic E-state index is 11.9. The molecule has 88 valence electrons. The molecule has 1 saturated heterocycles. The average Bonchev–Trinajstić information content (AvgIpc) is 2.16. The molecule has 1 aliphatic rings. The SMILES string of the molecule is CCCC(C)C(=O)C1CCCCS1(=O)=O. The highest BCUT2D eigenvalue weighted by Crippen LogP contribution is 2.24.